The Kier molecular flexibility index (Phi) is 3.10. The molecule has 3 heteroatoms. The van der Waals surface area contributed by atoms with Crippen LogP contribution in [0.1, 0.15) is 26.7 Å². The Morgan fingerprint density at radius 1 is 1.36 bits per heavy atom. The second-order valence-corrected chi connectivity index (χ2v) is 4.83. The zero-order chi connectivity index (χ0) is 10.1. The molecule has 1 aliphatic carbocycles. The molecule has 1 saturated carbocycles. The van der Waals surface area contributed by atoms with Gasteiger partial charge in [-0.3, -0.25) is 4.90 Å². The van der Waals surface area contributed by atoms with Crippen LogP contribution >= 0.6 is 0 Å². The molecule has 1 N–H and O–H groups in total. The fourth-order valence-corrected chi connectivity index (χ4v) is 2.11. The van der Waals surface area contributed by atoms with E-state index in [0.717, 1.165) is 19.7 Å². The first-order valence-corrected chi connectivity index (χ1v) is 5.72. The highest BCUT2D eigenvalue weighted by Gasteiger charge is 2.38. The largest absolute Gasteiger partial charge is 0.390 e. The molecule has 0 aromatic heterocycles. The minimum atomic E-state index is -0.225. The highest BCUT2D eigenvalue weighted by molar-refractivity contribution is 4.89. The molecule has 2 atom stereocenters. The van der Waals surface area contributed by atoms with E-state index in [1.807, 2.05) is 0 Å². The van der Waals surface area contributed by atoms with Gasteiger partial charge in [-0.05, 0) is 32.6 Å². The van der Waals surface area contributed by atoms with Crippen molar-refractivity contribution in [2.45, 2.75) is 44.9 Å². The Labute approximate surface area is 86.0 Å². The summed E-state index contributed by atoms with van der Waals surface area (Å²) in [6, 6.07) is 0.563. The first-order valence-electron chi connectivity index (χ1n) is 5.72. The van der Waals surface area contributed by atoms with Gasteiger partial charge in [-0.15, -0.1) is 0 Å². The van der Waals surface area contributed by atoms with Crippen molar-refractivity contribution >= 4 is 0 Å². The highest BCUT2D eigenvalue weighted by atomic mass is 16.5. The predicted octanol–water partition coefficient (Wildman–Crippen LogP) is 0.866. The molecular formula is C11H21NO2. The van der Waals surface area contributed by atoms with Crippen LogP contribution in [0.25, 0.3) is 0 Å². The van der Waals surface area contributed by atoms with Crippen LogP contribution < -0.4 is 0 Å². The second-order valence-electron chi connectivity index (χ2n) is 4.83. The molecule has 1 aliphatic heterocycles. The van der Waals surface area contributed by atoms with E-state index in [2.05, 4.69) is 18.7 Å². The molecule has 1 saturated heterocycles. The summed E-state index contributed by atoms with van der Waals surface area (Å²) in [5.74, 6) is 0.520. The van der Waals surface area contributed by atoms with E-state index in [9.17, 15) is 5.11 Å². The molecule has 1 heterocycles. The lowest BCUT2D eigenvalue weighted by molar-refractivity contribution is -0.100. The molecule has 82 valence electrons. The van der Waals surface area contributed by atoms with E-state index in [-0.39, 0.29) is 12.2 Å². The van der Waals surface area contributed by atoms with Crippen molar-refractivity contribution in [3.8, 4) is 0 Å². The molecule has 2 rings (SSSR count). The average Bonchev–Trinajstić information content (AvgIpc) is 3.00. The van der Waals surface area contributed by atoms with E-state index >= 15 is 0 Å². The van der Waals surface area contributed by atoms with Crippen molar-refractivity contribution in [3.63, 3.8) is 0 Å². The number of morpholine rings is 1. The zero-order valence-electron chi connectivity index (χ0n) is 9.15. The van der Waals surface area contributed by atoms with Crippen LogP contribution in [0.2, 0.25) is 0 Å². The highest BCUT2D eigenvalue weighted by Crippen LogP contribution is 2.35. The quantitative estimate of drug-likeness (QED) is 0.732. The maximum atomic E-state index is 9.96. The minimum absolute atomic E-state index is 0.0543. The molecule has 0 aromatic rings. The lowest BCUT2D eigenvalue weighted by Gasteiger charge is -2.37. The standard InChI is InChI=1S/C11H21NO2/c1-8(2)12-5-6-14-10(7-12)11(13)9-3-4-9/h8-11,13H,3-7H2,1-2H3. The summed E-state index contributed by atoms with van der Waals surface area (Å²) in [4.78, 5) is 2.39. The maximum absolute atomic E-state index is 9.96. The minimum Gasteiger partial charge on any atom is -0.390 e. The fourth-order valence-electron chi connectivity index (χ4n) is 2.11. The average molecular weight is 199 g/mol. The molecule has 0 spiro atoms. The van der Waals surface area contributed by atoms with Crippen LogP contribution in [-0.2, 0) is 4.74 Å². The van der Waals surface area contributed by atoms with Crippen LogP contribution in [0.15, 0.2) is 0 Å². The van der Waals surface area contributed by atoms with Crippen LogP contribution in [0.3, 0.4) is 0 Å². The molecule has 14 heavy (non-hydrogen) atoms. The molecule has 2 fully saturated rings. The SMILES string of the molecule is CC(C)N1CCOC(C(O)C2CC2)C1. The third-order valence-electron chi connectivity index (χ3n) is 3.34. The van der Waals surface area contributed by atoms with E-state index < -0.39 is 0 Å². The van der Waals surface area contributed by atoms with Gasteiger partial charge in [0.05, 0.1) is 18.8 Å². The Morgan fingerprint density at radius 3 is 2.64 bits per heavy atom. The lowest BCUT2D eigenvalue weighted by atomic mass is 10.1. The summed E-state index contributed by atoms with van der Waals surface area (Å²) >= 11 is 0. The smallest absolute Gasteiger partial charge is 0.0963 e. The van der Waals surface area contributed by atoms with Crippen LogP contribution in [0.4, 0.5) is 0 Å². The van der Waals surface area contributed by atoms with Gasteiger partial charge in [-0.2, -0.15) is 0 Å². The van der Waals surface area contributed by atoms with Gasteiger partial charge in [0.25, 0.3) is 0 Å². The summed E-state index contributed by atoms with van der Waals surface area (Å²) in [6.45, 7) is 7.07. The predicted molar refractivity (Wildman–Crippen MR) is 55.2 cm³/mol. The first-order chi connectivity index (χ1) is 6.68. The number of hydrogen-bond acceptors (Lipinski definition) is 3. The molecule has 0 amide bonds. The van der Waals surface area contributed by atoms with Gasteiger partial charge in [-0.25, -0.2) is 0 Å². The van der Waals surface area contributed by atoms with Crippen molar-refractivity contribution in [1.82, 2.24) is 4.90 Å². The van der Waals surface area contributed by atoms with Crippen molar-refractivity contribution in [1.29, 1.82) is 0 Å². The first kappa shape index (κ1) is 10.4. The van der Waals surface area contributed by atoms with Gasteiger partial charge in [0.2, 0.25) is 0 Å². The summed E-state index contributed by atoms with van der Waals surface area (Å²) in [7, 11) is 0. The Hall–Kier alpha value is -0.120. The Balaban J connectivity index is 1.86. The number of rotatable bonds is 3. The number of nitrogens with zero attached hydrogens (tertiary/aromatic N) is 1. The van der Waals surface area contributed by atoms with Crippen LogP contribution in [0.5, 0.6) is 0 Å². The zero-order valence-corrected chi connectivity index (χ0v) is 9.15. The molecule has 0 bridgehead atoms. The monoisotopic (exact) mass is 199 g/mol. The topological polar surface area (TPSA) is 32.7 Å². The lowest BCUT2D eigenvalue weighted by Crippen LogP contribution is -2.50. The third-order valence-corrected chi connectivity index (χ3v) is 3.34. The molecular weight excluding hydrogens is 178 g/mol. The fraction of sp³-hybridized carbons (Fsp3) is 1.00. The third kappa shape index (κ3) is 2.27. The van der Waals surface area contributed by atoms with Gasteiger partial charge in [0, 0.05) is 19.1 Å². The van der Waals surface area contributed by atoms with Gasteiger partial charge < -0.3 is 9.84 Å². The van der Waals surface area contributed by atoms with Gasteiger partial charge in [0.15, 0.2) is 0 Å². The van der Waals surface area contributed by atoms with Crippen LogP contribution in [0, 0.1) is 5.92 Å². The molecule has 0 radical (unpaired) electrons. The number of aliphatic hydroxyl groups excluding tert-OH is 1. The van der Waals surface area contributed by atoms with Crippen LogP contribution in [-0.4, -0.2) is 48.0 Å². The number of aliphatic hydroxyl groups is 1. The van der Waals surface area contributed by atoms with E-state index in [1.165, 1.54) is 12.8 Å². The second kappa shape index (κ2) is 4.17. The van der Waals surface area contributed by atoms with E-state index in [0.29, 0.717) is 12.0 Å². The normalized spacial score (nSPS) is 32.1. The molecule has 0 aromatic carbocycles. The summed E-state index contributed by atoms with van der Waals surface area (Å²) in [5.41, 5.74) is 0. The summed E-state index contributed by atoms with van der Waals surface area (Å²) < 4.78 is 5.63. The summed E-state index contributed by atoms with van der Waals surface area (Å²) in [6.07, 6.45) is 2.20. The maximum Gasteiger partial charge on any atom is 0.0963 e. The van der Waals surface area contributed by atoms with Crippen molar-refractivity contribution in [2.75, 3.05) is 19.7 Å². The number of hydrogen-bond donors (Lipinski definition) is 1. The van der Waals surface area contributed by atoms with Gasteiger partial charge in [-0.1, -0.05) is 0 Å². The molecule has 2 unspecified atom stereocenters. The van der Waals surface area contributed by atoms with E-state index in [1.54, 1.807) is 0 Å². The Morgan fingerprint density at radius 2 is 2.07 bits per heavy atom. The van der Waals surface area contributed by atoms with Crippen molar-refractivity contribution in [2.24, 2.45) is 5.92 Å². The number of ether oxygens (including phenoxy) is 1. The summed E-state index contributed by atoms with van der Waals surface area (Å²) in [5, 5.41) is 9.96. The van der Waals surface area contributed by atoms with Crippen molar-refractivity contribution in [3.05, 3.63) is 0 Å². The van der Waals surface area contributed by atoms with Crippen molar-refractivity contribution < 1.29 is 9.84 Å². The molecule has 2 aliphatic rings. The Bertz CT molecular complexity index is 192. The van der Waals surface area contributed by atoms with Gasteiger partial charge >= 0.3 is 0 Å². The van der Waals surface area contributed by atoms with Gasteiger partial charge in [0.1, 0.15) is 0 Å². The van der Waals surface area contributed by atoms with E-state index in [4.69, 9.17) is 4.74 Å². The molecule has 3 nitrogen and oxygen atoms in total.